The van der Waals surface area contributed by atoms with E-state index in [-0.39, 0.29) is 11.9 Å². The summed E-state index contributed by atoms with van der Waals surface area (Å²) in [4.78, 5) is 11.5. The van der Waals surface area contributed by atoms with Gasteiger partial charge in [0.25, 0.3) is 0 Å². The van der Waals surface area contributed by atoms with Crippen molar-refractivity contribution in [2.45, 2.75) is 32.3 Å². The first-order valence-corrected chi connectivity index (χ1v) is 6.17. The molecule has 2 rings (SSSR count). The van der Waals surface area contributed by atoms with Crippen LogP contribution in [0.2, 0.25) is 0 Å². The van der Waals surface area contributed by atoms with Gasteiger partial charge < -0.3 is 9.47 Å². The molecular formula is C14H18O3. The second-order valence-electron chi connectivity index (χ2n) is 4.23. The minimum Gasteiger partial charge on any atom is -0.490 e. The number of Topliss-reactive ketones (excluding diaryl/α,β-unsaturated/α-hetero) is 1. The van der Waals surface area contributed by atoms with E-state index >= 15 is 0 Å². The number of carbonyl (C=O) groups excluding carboxylic acids is 1. The van der Waals surface area contributed by atoms with E-state index in [0.717, 1.165) is 37.4 Å². The molecule has 0 atom stereocenters. The Hall–Kier alpha value is -1.35. The molecule has 0 aliphatic carbocycles. The van der Waals surface area contributed by atoms with E-state index in [1.54, 1.807) is 0 Å². The Morgan fingerprint density at radius 3 is 2.53 bits per heavy atom. The van der Waals surface area contributed by atoms with Gasteiger partial charge in [-0.05, 0) is 24.3 Å². The first kappa shape index (κ1) is 12.1. The predicted octanol–water partition coefficient (Wildman–Crippen LogP) is 2.84. The van der Waals surface area contributed by atoms with Crippen LogP contribution in [-0.2, 0) is 4.74 Å². The van der Waals surface area contributed by atoms with Crippen molar-refractivity contribution >= 4 is 5.78 Å². The van der Waals surface area contributed by atoms with Crippen molar-refractivity contribution in [2.75, 3.05) is 13.2 Å². The highest BCUT2D eigenvalue weighted by atomic mass is 16.5. The number of ether oxygens (including phenoxy) is 2. The second-order valence-corrected chi connectivity index (χ2v) is 4.23. The number of hydrogen-bond donors (Lipinski definition) is 0. The quantitative estimate of drug-likeness (QED) is 0.751. The summed E-state index contributed by atoms with van der Waals surface area (Å²) in [5.74, 6) is 1.01. The summed E-state index contributed by atoms with van der Waals surface area (Å²) in [7, 11) is 0. The Morgan fingerprint density at radius 2 is 1.94 bits per heavy atom. The van der Waals surface area contributed by atoms with Crippen LogP contribution < -0.4 is 4.74 Å². The van der Waals surface area contributed by atoms with Crippen LogP contribution in [0.15, 0.2) is 24.3 Å². The van der Waals surface area contributed by atoms with Gasteiger partial charge >= 0.3 is 0 Å². The van der Waals surface area contributed by atoms with Gasteiger partial charge in [-0.2, -0.15) is 0 Å². The normalized spacial score (nSPS) is 16.8. The zero-order valence-electron chi connectivity index (χ0n) is 10.1. The number of benzene rings is 1. The molecule has 3 heteroatoms. The zero-order valence-corrected chi connectivity index (χ0v) is 10.1. The highest BCUT2D eigenvalue weighted by molar-refractivity contribution is 5.95. The van der Waals surface area contributed by atoms with Crippen molar-refractivity contribution in [3.8, 4) is 5.75 Å². The molecular weight excluding hydrogens is 216 g/mol. The average molecular weight is 234 g/mol. The maximum absolute atomic E-state index is 11.5. The molecule has 0 unspecified atom stereocenters. The van der Waals surface area contributed by atoms with Gasteiger partial charge in [-0.1, -0.05) is 6.92 Å². The Bertz CT molecular complexity index is 364. The lowest BCUT2D eigenvalue weighted by Gasteiger charge is -2.23. The maximum Gasteiger partial charge on any atom is 0.162 e. The smallest absolute Gasteiger partial charge is 0.162 e. The van der Waals surface area contributed by atoms with Crippen molar-refractivity contribution in [3.05, 3.63) is 29.8 Å². The van der Waals surface area contributed by atoms with Gasteiger partial charge in [-0.25, -0.2) is 0 Å². The monoisotopic (exact) mass is 234 g/mol. The van der Waals surface area contributed by atoms with Gasteiger partial charge in [-0.3, -0.25) is 4.79 Å². The molecule has 1 aromatic carbocycles. The minimum absolute atomic E-state index is 0.169. The van der Waals surface area contributed by atoms with E-state index in [4.69, 9.17) is 9.47 Å². The molecule has 0 bridgehead atoms. The van der Waals surface area contributed by atoms with Crippen molar-refractivity contribution in [3.63, 3.8) is 0 Å². The third-order valence-corrected chi connectivity index (χ3v) is 2.97. The van der Waals surface area contributed by atoms with Crippen molar-refractivity contribution < 1.29 is 14.3 Å². The van der Waals surface area contributed by atoms with Crippen LogP contribution in [0.1, 0.15) is 36.5 Å². The average Bonchev–Trinajstić information content (AvgIpc) is 2.40. The fourth-order valence-electron chi connectivity index (χ4n) is 1.91. The first-order valence-electron chi connectivity index (χ1n) is 6.17. The molecule has 1 heterocycles. The fraction of sp³-hybridized carbons (Fsp3) is 0.500. The predicted molar refractivity (Wildman–Crippen MR) is 65.5 cm³/mol. The number of carbonyl (C=O) groups is 1. The van der Waals surface area contributed by atoms with E-state index < -0.39 is 0 Å². The molecule has 3 nitrogen and oxygen atoms in total. The molecule has 0 aromatic heterocycles. The molecule has 1 saturated heterocycles. The Balaban J connectivity index is 1.95. The van der Waals surface area contributed by atoms with E-state index in [9.17, 15) is 4.79 Å². The van der Waals surface area contributed by atoms with Gasteiger partial charge in [0.05, 0.1) is 13.2 Å². The summed E-state index contributed by atoms with van der Waals surface area (Å²) >= 11 is 0. The topological polar surface area (TPSA) is 35.5 Å². The SMILES string of the molecule is CCC(=O)c1ccc(OC2CCOCC2)cc1. The molecule has 92 valence electrons. The number of rotatable bonds is 4. The number of ketones is 1. The summed E-state index contributed by atoms with van der Waals surface area (Å²) in [5.41, 5.74) is 0.756. The van der Waals surface area contributed by atoms with Gasteiger partial charge in [0.1, 0.15) is 11.9 Å². The molecule has 0 radical (unpaired) electrons. The molecule has 1 aromatic rings. The van der Waals surface area contributed by atoms with Crippen LogP contribution >= 0.6 is 0 Å². The van der Waals surface area contributed by atoms with Gasteiger partial charge in [0.15, 0.2) is 5.78 Å². The summed E-state index contributed by atoms with van der Waals surface area (Å²) in [6.45, 7) is 3.42. The maximum atomic E-state index is 11.5. The summed E-state index contributed by atoms with van der Waals surface area (Å²) in [6, 6.07) is 7.41. The Labute approximate surface area is 102 Å². The Kier molecular flexibility index (Phi) is 4.15. The third-order valence-electron chi connectivity index (χ3n) is 2.97. The zero-order chi connectivity index (χ0) is 12.1. The van der Waals surface area contributed by atoms with E-state index in [1.807, 2.05) is 31.2 Å². The lowest BCUT2D eigenvalue weighted by molar-refractivity contribution is 0.0256. The molecule has 0 N–H and O–H groups in total. The molecule has 1 aliphatic rings. The largest absolute Gasteiger partial charge is 0.490 e. The van der Waals surface area contributed by atoms with Crippen LogP contribution in [0, 0.1) is 0 Å². The summed E-state index contributed by atoms with van der Waals surface area (Å²) in [5, 5.41) is 0. The molecule has 17 heavy (non-hydrogen) atoms. The minimum atomic E-state index is 0.169. The van der Waals surface area contributed by atoms with E-state index in [2.05, 4.69) is 0 Å². The second kappa shape index (κ2) is 5.82. The Morgan fingerprint density at radius 1 is 1.29 bits per heavy atom. The molecule has 1 fully saturated rings. The fourth-order valence-corrected chi connectivity index (χ4v) is 1.91. The van der Waals surface area contributed by atoms with Crippen LogP contribution in [0.25, 0.3) is 0 Å². The van der Waals surface area contributed by atoms with Gasteiger partial charge in [-0.15, -0.1) is 0 Å². The third kappa shape index (κ3) is 3.30. The van der Waals surface area contributed by atoms with Crippen molar-refractivity contribution in [1.29, 1.82) is 0 Å². The van der Waals surface area contributed by atoms with Crippen LogP contribution in [-0.4, -0.2) is 25.1 Å². The van der Waals surface area contributed by atoms with Crippen LogP contribution in [0.4, 0.5) is 0 Å². The molecule has 1 aliphatic heterocycles. The van der Waals surface area contributed by atoms with Crippen molar-refractivity contribution in [2.24, 2.45) is 0 Å². The van der Waals surface area contributed by atoms with E-state index in [1.165, 1.54) is 0 Å². The molecule has 0 saturated carbocycles. The first-order chi connectivity index (χ1) is 8.29. The van der Waals surface area contributed by atoms with Crippen molar-refractivity contribution in [1.82, 2.24) is 0 Å². The highest BCUT2D eigenvalue weighted by Gasteiger charge is 2.15. The summed E-state index contributed by atoms with van der Waals surface area (Å²) < 4.78 is 11.1. The number of hydrogen-bond acceptors (Lipinski definition) is 3. The highest BCUT2D eigenvalue weighted by Crippen LogP contribution is 2.19. The van der Waals surface area contributed by atoms with Gasteiger partial charge in [0.2, 0.25) is 0 Å². The van der Waals surface area contributed by atoms with Crippen LogP contribution in [0.5, 0.6) is 5.75 Å². The van der Waals surface area contributed by atoms with E-state index in [0.29, 0.717) is 6.42 Å². The van der Waals surface area contributed by atoms with Gasteiger partial charge in [0, 0.05) is 24.8 Å². The standard InChI is InChI=1S/C14H18O3/c1-2-14(15)11-3-5-12(6-4-11)17-13-7-9-16-10-8-13/h3-6,13H,2,7-10H2,1H3. The molecule has 0 amide bonds. The summed E-state index contributed by atoms with van der Waals surface area (Å²) in [6.07, 6.45) is 2.67. The molecule has 0 spiro atoms. The van der Waals surface area contributed by atoms with Crippen LogP contribution in [0.3, 0.4) is 0 Å². The lowest BCUT2D eigenvalue weighted by Crippen LogP contribution is -2.25. The lowest BCUT2D eigenvalue weighted by atomic mass is 10.1.